The molecule has 0 bridgehead atoms. The fraction of sp³-hybridized carbons (Fsp3) is 0.0769. The van der Waals surface area contributed by atoms with Crippen LogP contribution < -0.4 is 11.1 Å². The second-order valence-electron chi connectivity index (χ2n) is 4.09. The SMILES string of the molecule is N#Cc1cc(N)cnc1Nc1cc(C(F)(F)F)ccc1F. The van der Waals surface area contributed by atoms with Crippen LogP contribution in [0.4, 0.5) is 34.8 Å². The van der Waals surface area contributed by atoms with Gasteiger partial charge in [0.15, 0.2) is 0 Å². The molecule has 0 radical (unpaired) electrons. The zero-order valence-corrected chi connectivity index (χ0v) is 10.4. The average molecular weight is 296 g/mol. The summed E-state index contributed by atoms with van der Waals surface area (Å²) >= 11 is 0. The summed E-state index contributed by atoms with van der Waals surface area (Å²) in [6, 6.07) is 4.97. The van der Waals surface area contributed by atoms with E-state index in [2.05, 4.69) is 10.3 Å². The first-order valence-electron chi connectivity index (χ1n) is 5.60. The van der Waals surface area contributed by atoms with Gasteiger partial charge in [0.1, 0.15) is 17.7 Å². The van der Waals surface area contributed by atoms with E-state index in [1.54, 1.807) is 6.07 Å². The molecule has 108 valence electrons. The van der Waals surface area contributed by atoms with Gasteiger partial charge in [-0.05, 0) is 24.3 Å². The minimum absolute atomic E-state index is 0.00758. The Morgan fingerprint density at radius 2 is 1.95 bits per heavy atom. The lowest BCUT2D eigenvalue weighted by atomic mass is 10.1. The number of aromatic nitrogens is 1. The van der Waals surface area contributed by atoms with Gasteiger partial charge < -0.3 is 11.1 Å². The van der Waals surface area contributed by atoms with E-state index in [9.17, 15) is 17.6 Å². The fourth-order valence-electron chi connectivity index (χ4n) is 1.59. The Morgan fingerprint density at radius 3 is 2.57 bits per heavy atom. The van der Waals surface area contributed by atoms with Crippen molar-refractivity contribution < 1.29 is 17.6 Å². The first-order valence-corrected chi connectivity index (χ1v) is 5.60. The highest BCUT2D eigenvalue weighted by Crippen LogP contribution is 2.32. The molecule has 1 aromatic carbocycles. The highest BCUT2D eigenvalue weighted by atomic mass is 19.4. The Labute approximate surface area is 116 Å². The molecule has 0 aliphatic rings. The van der Waals surface area contributed by atoms with Gasteiger partial charge in [-0.2, -0.15) is 18.4 Å². The van der Waals surface area contributed by atoms with Crippen LogP contribution in [0.15, 0.2) is 30.5 Å². The van der Waals surface area contributed by atoms with Gasteiger partial charge in [-0.1, -0.05) is 0 Å². The second-order valence-corrected chi connectivity index (χ2v) is 4.09. The topological polar surface area (TPSA) is 74.7 Å². The summed E-state index contributed by atoms with van der Waals surface area (Å²) in [5.41, 5.74) is 4.20. The molecular weight excluding hydrogens is 288 g/mol. The highest BCUT2D eigenvalue weighted by Gasteiger charge is 2.31. The summed E-state index contributed by atoms with van der Waals surface area (Å²) in [6.45, 7) is 0. The Morgan fingerprint density at radius 1 is 1.24 bits per heavy atom. The molecule has 3 N–H and O–H groups in total. The molecule has 2 aromatic rings. The number of nitrogens with zero attached hydrogens (tertiary/aromatic N) is 2. The molecule has 0 atom stereocenters. The highest BCUT2D eigenvalue weighted by molar-refractivity contribution is 5.65. The van der Waals surface area contributed by atoms with Crippen LogP contribution in [0.25, 0.3) is 0 Å². The van der Waals surface area contributed by atoms with Gasteiger partial charge in [-0.25, -0.2) is 9.37 Å². The Balaban J connectivity index is 2.43. The van der Waals surface area contributed by atoms with Gasteiger partial charge in [0.25, 0.3) is 0 Å². The van der Waals surface area contributed by atoms with E-state index < -0.39 is 23.2 Å². The van der Waals surface area contributed by atoms with Crippen molar-refractivity contribution in [2.45, 2.75) is 6.18 Å². The Bertz CT molecular complexity index is 719. The molecular formula is C13H8F4N4. The first kappa shape index (κ1) is 14.6. The average Bonchev–Trinajstić information content (AvgIpc) is 2.41. The van der Waals surface area contributed by atoms with Crippen molar-refractivity contribution in [2.24, 2.45) is 0 Å². The zero-order chi connectivity index (χ0) is 15.6. The number of hydrogen-bond acceptors (Lipinski definition) is 4. The van der Waals surface area contributed by atoms with Crippen LogP contribution in [0.5, 0.6) is 0 Å². The lowest BCUT2D eigenvalue weighted by Crippen LogP contribution is -2.07. The number of nitrogens with two attached hydrogens (primary N) is 1. The van der Waals surface area contributed by atoms with Gasteiger partial charge >= 0.3 is 6.18 Å². The number of rotatable bonds is 2. The molecule has 0 saturated carbocycles. The van der Waals surface area contributed by atoms with Crippen molar-refractivity contribution >= 4 is 17.2 Å². The molecule has 4 nitrogen and oxygen atoms in total. The molecule has 0 saturated heterocycles. The fourth-order valence-corrected chi connectivity index (χ4v) is 1.59. The summed E-state index contributed by atoms with van der Waals surface area (Å²) in [5.74, 6) is -0.976. The molecule has 1 heterocycles. The standard InChI is InChI=1S/C13H8F4N4/c14-10-2-1-8(13(15,16)17)4-11(10)21-12-7(5-18)3-9(19)6-20-12/h1-4,6H,19H2,(H,20,21). The minimum Gasteiger partial charge on any atom is -0.397 e. The zero-order valence-electron chi connectivity index (χ0n) is 10.4. The molecule has 2 rings (SSSR count). The van der Waals surface area contributed by atoms with Crippen molar-refractivity contribution in [1.82, 2.24) is 4.98 Å². The Kier molecular flexibility index (Phi) is 3.67. The lowest BCUT2D eigenvalue weighted by molar-refractivity contribution is -0.137. The maximum absolute atomic E-state index is 13.6. The van der Waals surface area contributed by atoms with Crippen molar-refractivity contribution in [3.63, 3.8) is 0 Å². The number of benzene rings is 1. The quantitative estimate of drug-likeness (QED) is 0.832. The molecule has 0 amide bonds. The normalized spacial score (nSPS) is 11.0. The van der Waals surface area contributed by atoms with Crippen LogP contribution in [0.3, 0.4) is 0 Å². The number of nitriles is 1. The van der Waals surface area contributed by atoms with Crippen molar-refractivity contribution in [3.05, 3.63) is 47.4 Å². The number of alkyl halides is 3. The Hall–Kier alpha value is -2.82. The van der Waals surface area contributed by atoms with Gasteiger partial charge in [0.2, 0.25) is 0 Å². The second kappa shape index (κ2) is 5.28. The van der Waals surface area contributed by atoms with Crippen LogP contribution in [0.1, 0.15) is 11.1 Å². The molecule has 0 fully saturated rings. The maximum Gasteiger partial charge on any atom is 0.416 e. The lowest BCUT2D eigenvalue weighted by Gasteiger charge is -2.12. The predicted molar refractivity (Wildman–Crippen MR) is 68.0 cm³/mol. The molecule has 21 heavy (non-hydrogen) atoms. The summed E-state index contributed by atoms with van der Waals surface area (Å²) in [5, 5.41) is 11.3. The van der Waals surface area contributed by atoms with Gasteiger partial charge in [0.05, 0.1) is 28.7 Å². The number of nitrogens with one attached hydrogen (secondary N) is 1. The number of hydrogen-bond donors (Lipinski definition) is 2. The summed E-state index contributed by atoms with van der Waals surface area (Å²) in [7, 11) is 0. The summed E-state index contributed by atoms with van der Waals surface area (Å²) < 4.78 is 51.4. The van der Waals surface area contributed by atoms with Gasteiger partial charge in [-0.15, -0.1) is 0 Å². The number of pyridine rings is 1. The van der Waals surface area contributed by atoms with Crippen molar-refractivity contribution in [2.75, 3.05) is 11.1 Å². The van der Waals surface area contributed by atoms with E-state index in [1.807, 2.05) is 0 Å². The molecule has 0 aliphatic heterocycles. The number of nitrogen functional groups attached to an aromatic ring is 1. The van der Waals surface area contributed by atoms with E-state index in [4.69, 9.17) is 11.0 Å². The molecule has 1 aromatic heterocycles. The van der Waals surface area contributed by atoms with Crippen LogP contribution in [-0.4, -0.2) is 4.98 Å². The smallest absolute Gasteiger partial charge is 0.397 e. The van der Waals surface area contributed by atoms with Gasteiger partial charge in [0, 0.05) is 0 Å². The van der Waals surface area contributed by atoms with E-state index >= 15 is 0 Å². The van der Waals surface area contributed by atoms with Crippen LogP contribution in [0.2, 0.25) is 0 Å². The predicted octanol–water partition coefficient (Wildman–Crippen LogP) is 3.44. The van der Waals surface area contributed by atoms with Crippen molar-refractivity contribution in [1.29, 1.82) is 5.26 Å². The van der Waals surface area contributed by atoms with E-state index in [-0.39, 0.29) is 17.1 Å². The third-order valence-electron chi connectivity index (χ3n) is 2.58. The molecule has 0 spiro atoms. The largest absolute Gasteiger partial charge is 0.416 e. The maximum atomic E-state index is 13.6. The van der Waals surface area contributed by atoms with Gasteiger partial charge in [-0.3, -0.25) is 0 Å². The summed E-state index contributed by atoms with van der Waals surface area (Å²) in [4.78, 5) is 3.77. The molecule has 0 aliphatic carbocycles. The van der Waals surface area contributed by atoms with Crippen LogP contribution in [0, 0.1) is 17.1 Å². The third-order valence-corrected chi connectivity index (χ3v) is 2.58. The van der Waals surface area contributed by atoms with Crippen LogP contribution >= 0.6 is 0 Å². The third kappa shape index (κ3) is 3.20. The minimum atomic E-state index is -4.60. The summed E-state index contributed by atoms with van der Waals surface area (Å²) in [6.07, 6.45) is -3.40. The first-order chi connectivity index (χ1) is 9.81. The van der Waals surface area contributed by atoms with E-state index in [1.165, 1.54) is 12.3 Å². The van der Waals surface area contributed by atoms with Crippen LogP contribution in [-0.2, 0) is 6.18 Å². The number of halogens is 4. The van der Waals surface area contributed by atoms with Crippen molar-refractivity contribution in [3.8, 4) is 6.07 Å². The van der Waals surface area contributed by atoms with E-state index in [0.29, 0.717) is 18.2 Å². The number of anilines is 3. The monoisotopic (exact) mass is 296 g/mol. The van der Waals surface area contributed by atoms with E-state index in [0.717, 1.165) is 0 Å². The molecule has 8 heteroatoms. The molecule has 0 unspecified atom stereocenters.